The molecule has 2 saturated heterocycles. The number of amides is 1. The number of benzene rings is 1. The van der Waals surface area contributed by atoms with Gasteiger partial charge in [-0.1, -0.05) is 12.1 Å². The summed E-state index contributed by atoms with van der Waals surface area (Å²) >= 11 is 0. The Morgan fingerprint density at radius 3 is 2.71 bits per heavy atom. The molecule has 0 aromatic heterocycles. The Bertz CT molecular complexity index is 774. The number of likely N-dealkylation sites (tertiary alicyclic amines) is 2. The van der Waals surface area contributed by atoms with Crippen molar-refractivity contribution in [3.63, 3.8) is 0 Å². The van der Waals surface area contributed by atoms with Gasteiger partial charge in [0.25, 0.3) is 5.92 Å². The number of methoxy groups -OCH3 is 1. The molecule has 0 N–H and O–H groups in total. The minimum absolute atomic E-state index is 0.0374. The van der Waals surface area contributed by atoms with Crippen molar-refractivity contribution in [2.24, 2.45) is 5.41 Å². The van der Waals surface area contributed by atoms with Gasteiger partial charge in [-0.2, -0.15) is 0 Å². The Morgan fingerprint density at radius 2 is 2.07 bits per heavy atom. The number of para-hydroxylation sites is 1. The van der Waals surface area contributed by atoms with Gasteiger partial charge >= 0.3 is 5.69 Å². The van der Waals surface area contributed by atoms with Gasteiger partial charge in [0.05, 0.1) is 24.0 Å². The number of nitrogens with zero attached hydrogens (tertiary/aromatic N) is 3. The number of halogens is 2. The second-order valence-electron chi connectivity index (χ2n) is 7.67. The van der Waals surface area contributed by atoms with E-state index in [1.54, 1.807) is 17.0 Å². The zero-order valence-corrected chi connectivity index (χ0v) is 16.1. The van der Waals surface area contributed by atoms with Crippen molar-refractivity contribution >= 4 is 11.6 Å². The third-order valence-electron chi connectivity index (χ3n) is 5.66. The highest BCUT2D eigenvalue weighted by molar-refractivity contribution is 5.84. The molecule has 1 atom stereocenters. The van der Waals surface area contributed by atoms with Gasteiger partial charge in [-0.25, -0.2) is 8.78 Å². The molecule has 9 heteroatoms. The highest BCUT2D eigenvalue weighted by Gasteiger charge is 2.55. The van der Waals surface area contributed by atoms with Crippen molar-refractivity contribution in [1.29, 1.82) is 0 Å². The lowest BCUT2D eigenvalue weighted by Crippen LogP contribution is -2.60. The lowest BCUT2D eigenvalue weighted by Gasteiger charge is -2.49. The first kappa shape index (κ1) is 20.4. The zero-order chi connectivity index (χ0) is 20.5. The fourth-order valence-electron chi connectivity index (χ4n) is 4.60. The molecule has 1 spiro atoms. The first-order chi connectivity index (χ1) is 13.2. The van der Waals surface area contributed by atoms with Crippen LogP contribution in [0, 0.1) is 15.5 Å². The molecule has 2 heterocycles. The van der Waals surface area contributed by atoms with E-state index < -0.39 is 29.2 Å². The van der Waals surface area contributed by atoms with Crippen LogP contribution < -0.4 is 4.74 Å². The molecule has 1 amide bonds. The van der Waals surface area contributed by atoms with Crippen LogP contribution in [0.1, 0.15) is 31.7 Å². The topological polar surface area (TPSA) is 75.9 Å². The van der Waals surface area contributed by atoms with Crippen LogP contribution in [0.4, 0.5) is 14.5 Å². The third-order valence-corrected chi connectivity index (χ3v) is 5.66. The molecule has 0 bridgehead atoms. The van der Waals surface area contributed by atoms with Crippen LogP contribution in [0.5, 0.6) is 5.75 Å². The number of hydrogen-bond donors (Lipinski definition) is 0. The SMILES string of the molecule is CCN1CCC[C@]2(CN(Cc3cccc(OC)c3[N+](=O)[O-])CC(F)(F)C2)C1=O. The second-order valence-corrected chi connectivity index (χ2v) is 7.67. The van der Waals surface area contributed by atoms with E-state index in [1.165, 1.54) is 18.1 Å². The minimum atomic E-state index is -3.03. The first-order valence-electron chi connectivity index (χ1n) is 9.41. The van der Waals surface area contributed by atoms with Crippen LogP contribution in [0.25, 0.3) is 0 Å². The largest absolute Gasteiger partial charge is 0.490 e. The van der Waals surface area contributed by atoms with Gasteiger partial charge in [0.1, 0.15) is 0 Å². The molecule has 0 aliphatic carbocycles. The van der Waals surface area contributed by atoms with Gasteiger partial charge in [-0.3, -0.25) is 19.8 Å². The molecule has 7 nitrogen and oxygen atoms in total. The van der Waals surface area contributed by atoms with Crippen molar-refractivity contribution in [1.82, 2.24) is 9.80 Å². The van der Waals surface area contributed by atoms with Crippen molar-refractivity contribution in [2.75, 3.05) is 33.3 Å². The number of nitro groups is 1. The van der Waals surface area contributed by atoms with E-state index in [9.17, 15) is 23.7 Å². The van der Waals surface area contributed by atoms with Gasteiger partial charge in [-0.05, 0) is 25.8 Å². The van der Waals surface area contributed by atoms with Gasteiger partial charge in [0, 0.05) is 38.2 Å². The van der Waals surface area contributed by atoms with E-state index >= 15 is 0 Å². The zero-order valence-electron chi connectivity index (χ0n) is 16.1. The summed E-state index contributed by atoms with van der Waals surface area (Å²) in [5.41, 5.74) is -1.06. The Kier molecular flexibility index (Phi) is 5.56. The predicted octanol–water partition coefficient (Wildman–Crippen LogP) is 3.07. The Morgan fingerprint density at radius 1 is 1.32 bits per heavy atom. The monoisotopic (exact) mass is 397 g/mol. The number of carbonyl (C=O) groups excluding carboxylic acids is 1. The second kappa shape index (κ2) is 7.62. The molecular formula is C19H25F2N3O4. The first-order valence-corrected chi connectivity index (χ1v) is 9.41. The molecule has 154 valence electrons. The maximum absolute atomic E-state index is 14.6. The summed E-state index contributed by atoms with van der Waals surface area (Å²) in [4.78, 5) is 27.0. The van der Waals surface area contributed by atoms with E-state index in [2.05, 4.69) is 0 Å². The Hall–Kier alpha value is -2.29. The summed E-state index contributed by atoms with van der Waals surface area (Å²) in [6.45, 7) is 2.53. The van der Waals surface area contributed by atoms with E-state index in [0.717, 1.165) is 0 Å². The predicted molar refractivity (Wildman–Crippen MR) is 98.4 cm³/mol. The summed E-state index contributed by atoms with van der Waals surface area (Å²) in [7, 11) is 1.33. The number of piperidine rings is 2. The molecule has 0 saturated carbocycles. The lowest BCUT2D eigenvalue weighted by molar-refractivity contribution is -0.386. The fourth-order valence-corrected chi connectivity index (χ4v) is 4.60. The van der Waals surface area contributed by atoms with Crippen LogP contribution >= 0.6 is 0 Å². The molecule has 1 aromatic rings. The highest BCUT2D eigenvalue weighted by atomic mass is 19.3. The highest BCUT2D eigenvalue weighted by Crippen LogP contribution is 2.46. The molecule has 1 aromatic carbocycles. The summed E-state index contributed by atoms with van der Waals surface area (Å²) < 4.78 is 34.3. The molecular weight excluding hydrogens is 372 g/mol. The maximum Gasteiger partial charge on any atom is 0.315 e. The van der Waals surface area contributed by atoms with E-state index in [0.29, 0.717) is 31.5 Å². The molecule has 0 radical (unpaired) electrons. The number of nitro benzene ring substituents is 1. The van der Waals surface area contributed by atoms with Gasteiger partial charge in [-0.15, -0.1) is 0 Å². The number of alkyl halides is 2. The summed E-state index contributed by atoms with van der Waals surface area (Å²) in [5.74, 6) is -3.17. The standard InChI is InChI=1S/C19H25F2N3O4/c1-3-23-9-5-8-18(17(23)25)11-19(20,21)13-22(12-18)10-14-6-4-7-15(28-2)16(14)24(26)27/h4,6-7H,3,5,8-13H2,1-2H3/t18-/m0/s1. The maximum atomic E-state index is 14.6. The number of ether oxygens (including phenoxy) is 1. The molecule has 2 fully saturated rings. The molecule has 3 rings (SSSR count). The quantitative estimate of drug-likeness (QED) is 0.564. The number of hydrogen-bond acceptors (Lipinski definition) is 5. The van der Waals surface area contributed by atoms with Crippen LogP contribution in [-0.2, 0) is 11.3 Å². The van der Waals surface area contributed by atoms with Crippen molar-refractivity contribution in [2.45, 2.75) is 38.7 Å². The van der Waals surface area contributed by atoms with Gasteiger partial charge in [0.2, 0.25) is 5.91 Å². The van der Waals surface area contributed by atoms with Crippen LogP contribution in [0.3, 0.4) is 0 Å². The fraction of sp³-hybridized carbons (Fsp3) is 0.632. The summed E-state index contributed by atoms with van der Waals surface area (Å²) in [6, 6.07) is 4.61. The van der Waals surface area contributed by atoms with Crippen LogP contribution in [0.15, 0.2) is 18.2 Å². The number of carbonyl (C=O) groups is 1. The van der Waals surface area contributed by atoms with Gasteiger partial charge in [0.15, 0.2) is 5.75 Å². The van der Waals surface area contributed by atoms with Gasteiger partial charge < -0.3 is 9.64 Å². The number of rotatable bonds is 5. The van der Waals surface area contributed by atoms with E-state index in [-0.39, 0.29) is 30.4 Å². The lowest BCUT2D eigenvalue weighted by atomic mass is 9.71. The minimum Gasteiger partial charge on any atom is -0.490 e. The average Bonchev–Trinajstić information content (AvgIpc) is 2.62. The Labute approximate surface area is 162 Å². The Balaban J connectivity index is 1.91. The molecule has 28 heavy (non-hydrogen) atoms. The van der Waals surface area contributed by atoms with E-state index in [4.69, 9.17) is 4.74 Å². The van der Waals surface area contributed by atoms with Crippen molar-refractivity contribution in [3.05, 3.63) is 33.9 Å². The van der Waals surface area contributed by atoms with Crippen molar-refractivity contribution < 1.29 is 23.2 Å². The summed E-state index contributed by atoms with van der Waals surface area (Å²) in [6.07, 6.45) is 0.628. The molecule has 2 aliphatic rings. The summed E-state index contributed by atoms with van der Waals surface area (Å²) in [5, 5.41) is 11.5. The molecule has 0 unspecified atom stereocenters. The molecule has 2 aliphatic heterocycles. The van der Waals surface area contributed by atoms with Crippen molar-refractivity contribution in [3.8, 4) is 5.75 Å². The normalized spacial score (nSPS) is 25.1. The van der Waals surface area contributed by atoms with Crippen LogP contribution in [0.2, 0.25) is 0 Å². The smallest absolute Gasteiger partial charge is 0.315 e. The average molecular weight is 397 g/mol. The third kappa shape index (κ3) is 3.80. The van der Waals surface area contributed by atoms with Crippen LogP contribution in [-0.4, -0.2) is 59.8 Å². The van der Waals surface area contributed by atoms with E-state index in [1.807, 2.05) is 6.92 Å².